The Labute approximate surface area is 158 Å². The van der Waals surface area contributed by atoms with Crippen molar-refractivity contribution in [2.75, 3.05) is 11.9 Å². The third kappa shape index (κ3) is 4.38. The van der Waals surface area contributed by atoms with E-state index in [1.54, 1.807) is 23.1 Å². The summed E-state index contributed by atoms with van der Waals surface area (Å²) in [5.41, 5.74) is 0.478. The summed E-state index contributed by atoms with van der Waals surface area (Å²) in [6.07, 6.45) is -2.03. The topological polar surface area (TPSA) is 32.3 Å². The number of hydrogen-bond donors (Lipinski definition) is 1. The van der Waals surface area contributed by atoms with E-state index in [0.29, 0.717) is 24.2 Å². The van der Waals surface area contributed by atoms with Crippen LogP contribution in [0.5, 0.6) is 0 Å². The number of anilines is 1. The fourth-order valence-corrected chi connectivity index (χ4v) is 3.44. The van der Waals surface area contributed by atoms with Crippen LogP contribution < -0.4 is 5.32 Å². The van der Waals surface area contributed by atoms with Gasteiger partial charge in [-0.05, 0) is 61.2 Å². The van der Waals surface area contributed by atoms with Crippen LogP contribution in [0.1, 0.15) is 36.4 Å². The minimum absolute atomic E-state index is 0.297. The molecule has 0 spiro atoms. The van der Waals surface area contributed by atoms with Crippen molar-refractivity contribution in [2.45, 2.75) is 31.5 Å². The molecule has 3 rings (SSSR count). The molecule has 1 atom stereocenters. The Morgan fingerprint density at radius 2 is 1.85 bits per heavy atom. The second-order valence-electron chi connectivity index (χ2n) is 6.27. The zero-order valence-electron chi connectivity index (χ0n) is 13.9. The van der Waals surface area contributed by atoms with Gasteiger partial charge in [-0.25, -0.2) is 4.79 Å². The number of rotatable bonds is 2. The van der Waals surface area contributed by atoms with Crippen LogP contribution in [0.25, 0.3) is 0 Å². The van der Waals surface area contributed by atoms with E-state index >= 15 is 0 Å². The van der Waals surface area contributed by atoms with Gasteiger partial charge in [-0.1, -0.05) is 28.1 Å². The summed E-state index contributed by atoms with van der Waals surface area (Å²) in [5, 5.41) is 2.83. The van der Waals surface area contributed by atoms with Crippen LogP contribution in [0, 0.1) is 0 Å². The van der Waals surface area contributed by atoms with Gasteiger partial charge >= 0.3 is 12.2 Å². The Hall–Kier alpha value is -2.02. The molecule has 7 heteroatoms. The second-order valence-corrected chi connectivity index (χ2v) is 7.18. The standard InChI is InChI=1S/C19H18BrF3N2O/c20-15-7-9-16(10-8-15)24-18(26)25-11-2-1-6-17(25)13-4-3-5-14(12-13)19(21,22)23/h3-5,7-10,12,17H,1-2,6,11H2,(H,24,26). The molecule has 2 amide bonds. The highest BCUT2D eigenvalue weighted by Gasteiger charge is 2.33. The number of benzene rings is 2. The van der Waals surface area contributed by atoms with Gasteiger partial charge < -0.3 is 10.2 Å². The van der Waals surface area contributed by atoms with Crippen molar-refractivity contribution in [2.24, 2.45) is 0 Å². The lowest BCUT2D eigenvalue weighted by Gasteiger charge is -2.36. The first-order valence-electron chi connectivity index (χ1n) is 8.35. The number of nitrogens with zero attached hydrogens (tertiary/aromatic N) is 1. The molecule has 0 aromatic heterocycles. The molecule has 1 N–H and O–H groups in total. The van der Waals surface area contributed by atoms with Gasteiger partial charge in [0.2, 0.25) is 0 Å². The number of likely N-dealkylation sites (tertiary alicyclic amines) is 1. The number of alkyl halides is 3. The molecule has 2 aromatic carbocycles. The first-order chi connectivity index (χ1) is 12.3. The van der Waals surface area contributed by atoms with E-state index < -0.39 is 11.7 Å². The van der Waals surface area contributed by atoms with E-state index in [2.05, 4.69) is 21.2 Å². The van der Waals surface area contributed by atoms with Crippen molar-refractivity contribution in [3.8, 4) is 0 Å². The summed E-state index contributed by atoms with van der Waals surface area (Å²) < 4.78 is 39.9. The number of urea groups is 1. The predicted octanol–water partition coefficient (Wildman–Crippen LogP) is 6.23. The van der Waals surface area contributed by atoms with Crippen LogP contribution in [0.4, 0.5) is 23.7 Å². The summed E-state index contributed by atoms with van der Waals surface area (Å²) in [6, 6.07) is 11.8. The van der Waals surface area contributed by atoms with Crippen molar-refractivity contribution < 1.29 is 18.0 Å². The van der Waals surface area contributed by atoms with Gasteiger partial charge in [0.05, 0.1) is 11.6 Å². The monoisotopic (exact) mass is 426 g/mol. The molecule has 1 aliphatic heterocycles. The van der Waals surface area contributed by atoms with Crippen LogP contribution in [0.15, 0.2) is 53.0 Å². The summed E-state index contributed by atoms with van der Waals surface area (Å²) in [6.45, 7) is 0.517. The Bertz CT molecular complexity index is 777. The second kappa shape index (κ2) is 7.70. The van der Waals surface area contributed by atoms with Gasteiger partial charge in [0.1, 0.15) is 0 Å². The maximum Gasteiger partial charge on any atom is 0.416 e. The molecular formula is C19H18BrF3N2O. The first-order valence-corrected chi connectivity index (χ1v) is 9.14. The van der Waals surface area contributed by atoms with E-state index in [-0.39, 0.29) is 12.1 Å². The van der Waals surface area contributed by atoms with Crippen molar-refractivity contribution in [1.29, 1.82) is 0 Å². The van der Waals surface area contributed by atoms with Crippen LogP contribution in [-0.4, -0.2) is 17.5 Å². The molecule has 0 bridgehead atoms. The molecule has 1 aliphatic rings. The highest BCUT2D eigenvalue weighted by molar-refractivity contribution is 9.10. The van der Waals surface area contributed by atoms with Gasteiger partial charge in [-0.3, -0.25) is 0 Å². The molecule has 1 heterocycles. The lowest BCUT2D eigenvalue weighted by Crippen LogP contribution is -2.41. The van der Waals surface area contributed by atoms with E-state index in [4.69, 9.17) is 0 Å². The predicted molar refractivity (Wildman–Crippen MR) is 97.9 cm³/mol. The van der Waals surface area contributed by atoms with Crippen molar-refractivity contribution in [3.63, 3.8) is 0 Å². The average molecular weight is 427 g/mol. The normalized spacial score (nSPS) is 17.8. The highest BCUT2D eigenvalue weighted by atomic mass is 79.9. The Morgan fingerprint density at radius 1 is 1.12 bits per heavy atom. The SMILES string of the molecule is O=C(Nc1ccc(Br)cc1)N1CCCCC1c1cccc(C(F)(F)F)c1. The molecule has 3 nitrogen and oxygen atoms in total. The lowest BCUT2D eigenvalue weighted by molar-refractivity contribution is -0.137. The lowest BCUT2D eigenvalue weighted by atomic mass is 9.94. The third-order valence-electron chi connectivity index (χ3n) is 4.46. The smallest absolute Gasteiger partial charge is 0.317 e. The zero-order chi connectivity index (χ0) is 18.7. The summed E-state index contributed by atoms with van der Waals surface area (Å²) in [4.78, 5) is 14.3. The minimum Gasteiger partial charge on any atom is -0.317 e. The highest BCUT2D eigenvalue weighted by Crippen LogP contribution is 2.35. The van der Waals surface area contributed by atoms with Crippen LogP contribution >= 0.6 is 15.9 Å². The molecule has 0 aliphatic carbocycles. The van der Waals surface area contributed by atoms with E-state index in [0.717, 1.165) is 29.4 Å². The Kier molecular flexibility index (Phi) is 5.55. The number of amides is 2. The molecule has 1 fully saturated rings. The van der Waals surface area contributed by atoms with Crippen molar-refractivity contribution in [3.05, 3.63) is 64.1 Å². The van der Waals surface area contributed by atoms with Crippen LogP contribution in [-0.2, 0) is 6.18 Å². The number of halogens is 4. The van der Waals surface area contributed by atoms with E-state index in [9.17, 15) is 18.0 Å². The first kappa shape index (κ1) is 18.8. The summed E-state index contributed by atoms with van der Waals surface area (Å²) in [5.74, 6) is 0. The fourth-order valence-electron chi connectivity index (χ4n) is 3.17. The minimum atomic E-state index is -4.39. The van der Waals surface area contributed by atoms with E-state index in [1.807, 2.05) is 12.1 Å². The maximum atomic E-state index is 13.0. The Balaban J connectivity index is 1.81. The van der Waals surface area contributed by atoms with Gasteiger partial charge in [0.25, 0.3) is 0 Å². The van der Waals surface area contributed by atoms with Crippen molar-refractivity contribution in [1.82, 2.24) is 4.90 Å². The average Bonchev–Trinajstić information content (AvgIpc) is 2.63. The molecule has 0 radical (unpaired) electrons. The van der Waals surface area contributed by atoms with Crippen molar-refractivity contribution >= 4 is 27.6 Å². The molecular weight excluding hydrogens is 409 g/mol. The maximum absolute atomic E-state index is 13.0. The molecule has 0 saturated carbocycles. The number of carbonyl (C=O) groups is 1. The third-order valence-corrected chi connectivity index (χ3v) is 4.99. The van der Waals surface area contributed by atoms with Crippen LogP contribution in [0.2, 0.25) is 0 Å². The quantitative estimate of drug-likeness (QED) is 0.606. The number of nitrogens with one attached hydrogen (secondary N) is 1. The number of carbonyl (C=O) groups excluding carboxylic acids is 1. The van der Waals surface area contributed by atoms with Gasteiger partial charge in [0.15, 0.2) is 0 Å². The summed E-state index contributed by atoms with van der Waals surface area (Å²) >= 11 is 3.34. The van der Waals surface area contributed by atoms with Gasteiger partial charge in [-0.15, -0.1) is 0 Å². The number of piperidine rings is 1. The zero-order valence-corrected chi connectivity index (χ0v) is 15.5. The Morgan fingerprint density at radius 3 is 2.54 bits per heavy atom. The molecule has 26 heavy (non-hydrogen) atoms. The van der Waals surface area contributed by atoms with Gasteiger partial charge in [0, 0.05) is 16.7 Å². The van der Waals surface area contributed by atoms with E-state index in [1.165, 1.54) is 6.07 Å². The summed E-state index contributed by atoms with van der Waals surface area (Å²) in [7, 11) is 0. The van der Waals surface area contributed by atoms with Gasteiger partial charge in [-0.2, -0.15) is 13.2 Å². The molecule has 1 saturated heterocycles. The molecule has 138 valence electrons. The molecule has 2 aromatic rings. The fraction of sp³-hybridized carbons (Fsp3) is 0.316. The van der Waals surface area contributed by atoms with Crippen LogP contribution in [0.3, 0.4) is 0 Å². The number of hydrogen-bond acceptors (Lipinski definition) is 1. The molecule has 1 unspecified atom stereocenters. The largest absolute Gasteiger partial charge is 0.416 e.